The molecule has 23 heavy (non-hydrogen) atoms. The molecule has 0 aliphatic carbocycles. The van der Waals surface area contributed by atoms with Crippen LogP contribution in [0.25, 0.3) is 11.0 Å². The van der Waals surface area contributed by atoms with Gasteiger partial charge in [-0.3, -0.25) is 9.79 Å². The van der Waals surface area contributed by atoms with Crippen molar-refractivity contribution in [1.29, 1.82) is 0 Å². The molecule has 0 bridgehead atoms. The molecule has 0 aliphatic heterocycles. The summed E-state index contributed by atoms with van der Waals surface area (Å²) in [5.41, 5.74) is 2.59. The number of carbonyl (C=O) groups is 1. The van der Waals surface area contributed by atoms with Crippen LogP contribution in [0.15, 0.2) is 68.8 Å². The average molecular weight is 306 g/mol. The van der Waals surface area contributed by atoms with Gasteiger partial charge in [-0.2, -0.15) is 0 Å². The summed E-state index contributed by atoms with van der Waals surface area (Å²) in [6.45, 7) is 1.47. The summed E-state index contributed by atoms with van der Waals surface area (Å²) in [6, 6.07) is 15.8. The summed E-state index contributed by atoms with van der Waals surface area (Å²) >= 11 is 0. The molecule has 3 aromatic rings. The van der Waals surface area contributed by atoms with Gasteiger partial charge < -0.3 is 9.73 Å². The van der Waals surface area contributed by atoms with Gasteiger partial charge in [-0.05, 0) is 42.0 Å². The Morgan fingerprint density at radius 3 is 2.61 bits per heavy atom. The van der Waals surface area contributed by atoms with Gasteiger partial charge in [0.15, 0.2) is 0 Å². The van der Waals surface area contributed by atoms with Gasteiger partial charge in [-0.15, -0.1) is 0 Å². The predicted octanol–water partition coefficient (Wildman–Crippen LogP) is 3.50. The van der Waals surface area contributed by atoms with Crippen LogP contribution < -0.4 is 10.9 Å². The number of amides is 1. The standard InChI is InChI=1S/C18H14N2O3/c1-12(21)20-15-5-2-13(3-6-15)11-19-16-7-8-17-14(10-16)4-9-18(22)23-17/h2-11H,1H3,(H,20,21). The first-order valence-corrected chi connectivity index (χ1v) is 7.06. The fourth-order valence-corrected chi connectivity index (χ4v) is 2.14. The zero-order chi connectivity index (χ0) is 16.2. The van der Waals surface area contributed by atoms with Gasteiger partial charge >= 0.3 is 5.63 Å². The minimum Gasteiger partial charge on any atom is -0.423 e. The van der Waals surface area contributed by atoms with Crippen LogP contribution in [0.3, 0.4) is 0 Å². The Kier molecular flexibility index (Phi) is 4.01. The molecule has 1 N–H and O–H groups in total. The SMILES string of the molecule is CC(=O)Nc1ccc(C=Nc2ccc3oc(=O)ccc3c2)cc1. The largest absolute Gasteiger partial charge is 0.423 e. The van der Waals surface area contributed by atoms with Crippen LogP contribution in [0, 0.1) is 0 Å². The van der Waals surface area contributed by atoms with E-state index in [-0.39, 0.29) is 11.5 Å². The molecule has 1 amide bonds. The van der Waals surface area contributed by atoms with Gasteiger partial charge in [0.25, 0.3) is 0 Å². The molecule has 114 valence electrons. The zero-order valence-corrected chi connectivity index (χ0v) is 12.4. The number of hydrogen-bond acceptors (Lipinski definition) is 4. The van der Waals surface area contributed by atoms with Crippen molar-refractivity contribution in [2.75, 3.05) is 5.32 Å². The second-order valence-corrected chi connectivity index (χ2v) is 5.04. The quantitative estimate of drug-likeness (QED) is 0.594. The number of hydrogen-bond donors (Lipinski definition) is 1. The molecule has 0 spiro atoms. The van der Waals surface area contributed by atoms with Crippen molar-refractivity contribution in [2.24, 2.45) is 4.99 Å². The second kappa shape index (κ2) is 6.27. The number of carbonyl (C=O) groups excluding carboxylic acids is 1. The van der Waals surface area contributed by atoms with E-state index in [1.54, 1.807) is 24.4 Å². The van der Waals surface area contributed by atoms with E-state index < -0.39 is 0 Å². The van der Waals surface area contributed by atoms with Crippen LogP contribution in [0.4, 0.5) is 11.4 Å². The Morgan fingerprint density at radius 2 is 1.87 bits per heavy atom. The number of rotatable bonds is 3. The first-order chi connectivity index (χ1) is 11.1. The van der Waals surface area contributed by atoms with Crippen LogP contribution in [0.1, 0.15) is 12.5 Å². The molecule has 3 rings (SSSR count). The number of aliphatic imine (C=N–C) groups is 1. The van der Waals surface area contributed by atoms with E-state index >= 15 is 0 Å². The van der Waals surface area contributed by atoms with Gasteiger partial charge in [0.1, 0.15) is 5.58 Å². The number of anilines is 1. The lowest BCUT2D eigenvalue weighted by Crippen LogP contribution is -2.05. The highest BCUT2D eigenvalue weighted by Gasteiger charge is 1.98. The third kappa shape index (κ3) is 3.71. The average Bonchev–Trinajstić information content (AvgIpc) is 2.53. The van der Waals surface area contributed by atoms with Crippen LogP contribution in [-0.4, -0.2) is 12.1 Å². The summed E-state index contributed by atoms with van der Waals surface area (Å²) in [5.74, 6) is -0.103. The van der Waals surface area contributed by atoms with Gasteiger partial charge in [0, 0.05) is 30.3 Å². The first-order valence-electron chi connectivity index (χ1n) is 7.06. The lowest BCUT2D eigenvalue weighted by Gasteiger charge is -2.01. The fraction of sp³-hybridized carbons (Fsp3) is 0.0556. The minimum atomic E-state index is -0.368. The van der Waals surface area contributed by atoms with Gasteiger partial charge in [-0.1, -0.05) is 12.1 Å². The highest BCUT2D eigenvalue weighted by atomic mass is 16.4. The third-order valence-corrected chi connectivity index (χ3v) is 3.20. The summed E-state index contributed by atoms with van der Waals surface area (Å²) in [5, 5.41) is 3.53. The molecule has 0 atom stereocenters. The van der Waals surface area contributed by atoms with Crippen LogP contribution in [0.5, 0.6) is 0 Å². The number of nitrogens with zero attached hydrogens (tertiary/aromatic N) is 1. The molecular weight excluding hydrogens is 292 g/mol. The van der Waals surface area contributed by atoms with Crippen molar-refractivity contribution < 1.29 is 9.21 Å². The molecule has 0 saturated heterocycles. The van der Waals surface area contributed by atoms with E-state index in [9.17, 15) is 9.59 Å². The molecule has 0 unspecified atom stereocenters. The maximum Gasteiger partial charge on any atom is 0.336 e. The van der Waals surface area contributed by atoms with E-state index in [4.69, 9.17) is 4.42 Å². The fourth-order valence-electron chi connectivity index (χ4n) is 2.14. The van der Waals surface area contributed by atoms with Crippen molar-refractivity contribution in [3.8, 4) is 0 Å². The third-order valence-electron chi connectivity index (χ3n) is 3.20. The first kappa shape index (κ1) is 14.7. The monoisotopic (exact) mass is 306 g/mol. The molecule has 0 aliphatic rings. The lowest BCUT2D eigenvalue weighted by atomic mass is 10.2. The van der Waals surface area contributed by atoms with E-state index in [2.05, 4.69) is 10.3 Å². The molecular formula is C18H14N2O3. The Labute approximate surface area is 132 Å². The number of nitrogens with one attached hydrogen (secondary N) is 1. The van der Waals surface area contributed by atoms with Gasteiger partial charge in [0.05, 0.1) is 5.69 Å². The summed E-state index contributed by atoms with van der Waals surface area (Å²) in [7, 11) is 0. The van der Waals surface area contributed by atoms with Crippen LogP contribution in [0.2, 0.25) is 0 Å². The smallest absolute Gasteiger partial charge is 0.336 e. The highest BCUT2D eigenvalue weighted by Crippen LogP contribution is 2.20. The number of fused-ring (bicyclic) bond motifs is 1. The maximum atomic E-state index is 11.2. The number of benzene rings is 2. The molecule has 0 fully saturated rings. The second-order valence-electron chi connectivity index (χ2n) is 5.04. The minimum absolute atomic E-state index is 0.103. The molecule has 5 nitrogen and oxygen atoms in total. The van der Waals surface area contributed by atoms with Crippen molar-refractivity contribution in [2.45, 2.75) is 6.92 Å². The van der Waals surface area contributed by atoms with Crippen molar-refractivity contribution in [1.82, 2.24) is 0 Å². The van der Waals surface area contributed by atoms with Crippen molar-refractivity contribution in [3.63, 3.8) is 0 Å². The van der Waals surface area contributed by atoms with E-state index in [1.165, 1.54) is 13.0 Å². The van der Waals surface area contributed by atoms with Crippen LogP contribution >= 0.6 is 0 Å². The van der Waals surface area contributed by atoms with E-state index in [0.29, 0.717) is 5.58 Å². The molecule has 0 radical (unpaired) electrons. The molecule has 2 aromatic carbocycles. The summed E-state index contributed by atoms with van der Waals surface area (Å²) < 4.78 is 5.08. The summed E-state index contributed by atoms with van der Waals surface area (Å²) in [4.78, 5) is 26.5. The maximum absolute atomic E-state index is 11.2. The van der Waals surface area contributed by atoms with Gasteiger partial charge in [-0.25, -0.2) is 4.79 Å². The molecule has 1 heterocycles. The predicted molar refractivity (Wildman–Crippen MR) is 90.5 cm³/mol. The normalized spacial score (nSPS) is 11.0. The topological polar surface area (TPSA) is 71.7 Å². The Morgan fingerprint density at radius 1 is 1.09 bits per heavy atom. The van der Waals surface area contributed by atoms with Crippen molar-refractivity contribution >= 4 is 34.5 Å². The van der Waals surface area contributed by atoms with E-state index in [1.807, 2.05) is 30.3 Å². The molecule has 1 aromatic heterocycles. The highest BCUT2D eigenvalue weighted by molar-refractivity contribution is 5.90. The zero-order valence-electron chi connectivity index (χ0n) is 12.4. The summed E-state index contributed by atoms with van der Waals surface area (Å²) in [6.07, 6.45) is 1.73. The Bertz CT molecular complexity index is 940. The lowest BCUT2D eigenvalue weighted by molar-refractivity contribution is -0.114. The molecule has 5 heteroatoms. The Hall–Kier alpha value is -3.21. The van der Waals surface area contributed by atoms with E-state index in [0.717, 1.165) is 22.3 Å². The molecule has 0 saturated carbocycles. The van der Waals surface area contributed by atoms with Crippen molar-refractivity contribution in [3.05, 3.63) is 70.6 Å². The Balaban J connectivity index is 1.80. The van der Waals surface area contributed by atoms with Gasteiger partial charge in [0.2, 0.25) is 5.91 Å². The van der Waals surface area contributed by atoms with Crippen LogP contribution in [-0.2, 0) is 4.79 Å².